The number of nitrogens with zero attached hydrogens (tertiary/aromatic N) is 3. The van der Waals surface area contributed by atoms with Crippen molar-refractivity contribution in [3.8, 4) is 5.75 Å². The van der Waals surface area contributed by atoms with Gasteiger partial charge in [-0.05, 0) is 84.4 Å². The van der Waals surface area contributed by atoms with Crippen LogP contribution in [0.15, 0.2) is 28.2 Å². The maximum Gasteiger partial charge on any atom is 0.307 e. The average Bonchev–Trinajstić information content (AvgIpc) is 3.39. The number of hydrogen-bond acceptors (Lipinski definition) is 6. The van der Waals surface area contributed by atoms with Gasteiger partial charge in [-0.25, -0.2) is 4.98 Å². The van der Waals surface area contributed by atoms with Gasteiger partial charge in [-0.15, -0.1) is 0 Å². The molecule has 2 aliphatic rings. The summed E-state index contributed by atoms with van der Waals surface area (Å²) in [6.45, 7) is 4.96. The average molecular weight is 529 g/mol. The normalized spacial score (nSPS) is 22.1. The van der Waals surface area contributed by atoms with Crippen LogP contribution in [0, 0.1) is 5.92 Å². The summed E-state index contributed by atoms with van der Waals surface area (Å²) in [5.41, 5.74) is 0.660. The number of halogens is 2. The SMILES string of the molecule is O=C(O)Cc1cc(Cl)cc(OCCC2CCN(c3ncc(Br)s3)CC2N2CCCC2)c1. The Morgan fingerprint density at radius 3 is 2.81 bits per heavy atom. The Labute approximate surface area is 200 Å². The van der Waals surface area contributed by atoms with Crippen LogP contribution >= 0.6 is 38.9 Å². The maximum atomic E-state index is 11.0. The Hall–Kier alpha value is -1.35. The molecule has 3 heterocycles. The molecule has 2 aliphatic heterocycles. The van der Waals surface area contributed by atoms with Gasteiger partial charge in [0.15, 0.2) is 5.13 Å². The first-order valence-electron chi connectivity index (χ1n) is 10.7. The lowest BCUT2D eigenvalue weighted by Gasteiger charge is -2.43. The molecule has 1 aromatic heterocycles. The fourth-order valence-electron chi connectivity index (χ4n) is 4.68. The van der Waals surface area contributed by atoms with E-state index in [0.717, 1.165) is 34.8 Å². The smallest absolute Gasteiger partial charge is 0.307 e. The second-order valence-electron chi connectivity index (χ2n) is 8.25. The van der Waals surface area contributed by atoms with Gasteiger partial charge < -0.3 is 14.7 Å². The van der Waals surface area contributed by atoms with Crippen molar-refractivity contribution in [2.24, 2.45) is 5.92 Å². The van der Waals surface area contributed by atoms with E-state index in [1.54, 1.807) is 29.5 Å². The zero-order chi connectivity index (χ0) is 21.8. The number of likely N-dealkylation sites (tertiary alicyclic amines) is 1. The molecule has 6 nitrogen and oxygen atoms in total. The molecule has 4 rings (SSSR count). The largest absolute Gasteiger partial charge is 0.494 e. The molecule has 2 aromatic rings. The summed E-state index contributed by atoms with van der Waals surface area (Å²) in [5.74, 6) is 0.336. The summed E-state index contributed by atoms with van der Waals surface area (Å²) in [6.07, 6.45) is 6.46. The van der Waals surface area contributed by atoms with E-state index in [1.165, 1.54) is 25.9 Å². The van der Waals surface area contributed by atoms with Gasteiger partial charge in [0.05, 0.1) is 23.0 Å². The van der Waals surface area contributed by atoms with E-state index in [0.29, 0.717) is 34.9 Å². The second-order valence-corrected chi connectivity index (χ2v) is 11.1. The van der Waals surface area contributed by atoms with Crippen molar-refractivity contribution >= 4 is 50.0 Å². The minimum absolute atomic E-state index is 0.0563. The number of hydrogen-bond donors (Lipinski definition) is 1. The molecule has 2 saturated heterocycles. The van der Waals surface area contributed by atoms with E-state index in [2.05, 4.69) is 30.7 Å². The highest BCUT2D eigenvalue weighted by Gasteiger charge is 2.35. The van der Waals surface area contributed by atoms with Gasteiger partial charge in [0.2, 0.25) is 0 Å². The summed E-state index contributed by atoms with van der Waals surface area (Å²) in [6, 6.07) is 5.72. The molecule has 31 heavy (non-hydrogen) atoms. The van der Waals surface area contributed by atoms with E-state index in [9.17, 15) is 4.79 Å². The number of carbonyl (C=O) groups is 1. The summed E-state index contributed by atoms with van der Waals surface area (Å²) < 4.78 is 7.08. The topological polar surface area (TPSA) is 65.9 Å². The number of carboxylic acids is 1. The number of thiazole rings is 1. The van der Waals surface area contributed by atoms with Gasteiger partial charge >= 0.3 is 5.97 Å². The number of aromatic nitrogens is 1. The van der Waals surface area contributed by atoms with Crippen molar-refractivity contribution < 1.29 is 14.6 Å². The molecule has 2 fully saturated rings. The quantitative estimate of drug-likeness (QED) is 0.523. The Kier molecular flexibility index (Phi) is 7.74. The van der Waals surface area contributed by atoms with E-state index >= 15 is 0 Å². The lowest BCUT2D eigenvalue weighted by molar-refractivity contribution is -0.136. The van der Waals surface area contributed by atoms with Gasteiger partial charge in [0.25, 0.3) is 0 Å². The molecule has 9 heteroatoms. The third-order valence-electron chi connectivity index (χ3n) is 6.11. The Morgan fingerprint density at radius 2 is 2.10 bits per heavy atom. The third-order valence-corrected chi connectivity index (χ3v) is 7.87. The molecule has 1 aromatic carbocycles. The number of ether oxygens (including phenoxy) is 1. The van der Waals surface area contributed by atoms with Gasteiger partial charge in [0.1, 0.15) is 5.75 Å². The van der Waals surface area contributed by atoms with Crippen molar-refractivity contribution in [1.82, 2.24) is 9.88 Å². The second kappa shape index (κ2) is 10.5. The highest BCUT2D eigenvalue weighted by Crippen LogP contribution is 2.34. The van der Waals surface area contributed by atoms with Crippen LogP contribution in [0.3, 0.4) is 0 Å². The summed E-state index contributed by atoms with van der Waals surface area (Å²) in [4.78, 5) is 20.6. The highest BCUT2D eigenvalue weighted by atomic mass is 79.9. The van der Waals surface area contributed by atoms with Gasteiger partial charge in [0, 0.05) is 24.2 Å². The van der Waals surface area contributed by atoms with Crippen molar-refractivity contribution in [2.75, 3.05) is 37.7 Å². The highest BCUT2D eigenvalue weighted by molar-refractivity contribution is 9.11. The number of aliphatic carboxylic acids is 1. The van der Waals surface area contributed by atoms with Crippen LogP contribution in [0.1, 0.15) is 31.2 Å². The molecule has 2 atom stereocenters. The monoisotopic (exact) mass is 527 g/mol. The summed E-state index contributed by atoms with van der Waals surface area (Å²) >= 11 is 11.4. The molecule has 2 unspecified atom stereocenters. The standard InChI is InChI=1S/C22H27BrClN3O3S/c23-20-13-25-22(31-20)27-7-3-16(19(14-27)26-5-1-2-6-26)4-8-30-18-10-15(11-21(28)29)9-17(24)12-18/h9-10,12-13,16,19H,1-8,11,14H2,(H,28,29). The molecule has 0 bridgehead atoms. The lowest BCUT2D eigenvalue weighted by atomic mass is 9.88. The Balaban J connectivity index is 1.38. The number of benzene rings is 1. The zero-order valence-electron chi connectivity index (χ0n) is 17.3. The number of piperidine rings is 1. The van der Waals surface area contributed by atoms with Gasteiger partial charge in [-0.1, -0.05) is 22.9 Å². The molecular formula is C22H27BrClN3O3S. The Bertz CT molecular complexity index is 906. The molecule has 0 spiro atoms. The maximum absolute atomic E-state index is 11.0. The first-order chi connectivity index (χ1) is 15.0. The molecule has 1 N–H and O–H groups in total. The van der Waals surface area contributed by atoms with Crippen LogP contribution < -0.4 is 9.64 Å². The van der Waals surface area contributed by atoms with Crippen molar-refractivity contribution in [2.45, 2.75) is 38.1 Å². The Morgan fingerprint density at radius 1 is 1.29 bits per heavy atom. The van der Waals surface area contributed by atoms with E-state index in [1.807, 2.05) is 6.20 Å². The van der Waals surface area contributed by atoms with Crippen LogP contribution in [0.25, 0.3) is 0 Å². The first kappa shape index (κ1) is 22.8. The molecule has 0 aliphatic carbocycles. The predicted molar refractivity (Wildman–Crippen MR) is 128 cm³/mol. The molecule has 0 amide bonds. The van der Waals surface area contributed by atoms with Crippen LogP contribution in [-0.2, 0) is 11.2 Å². The van der Waals surface area contributed by atoms with Crippen LogP contribution in [0.5, 0.6) is 5.75 Å². The van der Waals surface area contributed by atoms with Crippen molar-refractivity contribution in [3.05, 3.63) is 38.8 Å². The van der Waals surface area contributed by atoms with Gasteiger partial charge in [-0.3, -0.25) is 9.69 Å². The number of anilines is 1. The molecular weight excluding hydrogens is 502 g/mol. The third kappa shape index (κ3) is 6.12. The summed E-state index contributed by atoms with van der Waals surface area (Å²) in [7, 11) is 0. The molecule has 168 valence electrons. The molecule has 0 saturated carbocycles. The van der Waals surface area contributed by atoms with Crippen LogP contribution in [0.4, 0.5) is 5.13 Å². The minimum atomic E-state index is -0.874. The predicted octanol–water partition coefficient (Wildman–Crippen LogP) is 4.95. The number of rotatable bonds is 8. The number of carboxylic acid groups (broad SMARTS) is 1. The minimum Gasteiger partial charge on any atom is -0.494 e. The van der Waals surface area contributed by atoms with Crippen molar-refractivity contribution in [1.29, 1.82) is 0 Å². The molecule has 0 radical (unpaired) electrons. The van der Waals surface area contributed by atoms with E-state index in [4.69, 9.17) is 21.4 Å². The summed E-state index contributed by atoms with van der Waals surface area (Å²) in [5, 5.41) is 10.6. The van der Waals surface area contributed by atoms with Crippen molar-refractivity contribution in [3.63, 3.8) is 0 Å². The van der Waals surface area contributed by atoms with Gasteiger partial charge in [-0.2, -0.15) is 0 Å². The fraction of sp³-hybridized carbons (Fsp3) is 0.545. The first-order valence-corrected chi connectivity index (χ1v) is 12.7. The van der Waals surface area contributed by atoms with E-state index in [-0.39, 0.29) is 6.42 Å². The van der Waals surface area contributed by atoms with Crippen LogP contribution in [0.2, 0.25) is 5.02 Å². The zero-order valence-corrected chi connectivity index (χ0v) is 20.5. The van der Waals surface area contributed by atoms with E-state index < -0.39 is 5.97 Å². The lowest BCUT2D eigenvalue weighted by Crippen LogP contribution is -2.52. The fourth-order valence-corrected chi connectivity index (χ4v) is 6.14. The van der Waals surface area contributed by atoms with Crippen LogP contribution in [-0.4, -0.2) is 59.8 Å².